The van der Waals surface area contributed by atoms with Gasteiger partial charge in [0.25, 0.3) is 0 Å². The topological polar surface area (TPSA) is 40.7 Å². The summed E-state index contributed by atoms with van der Waals surface area (Å²) in [6.45, 7) is 1.05. The number of hydrogen-bond acceptors (Lipinski definition) is 2. The molecule has 2 unspecified atom stereocenters. The average Bonchev–Trinajstić information content (AvgIpc) is 3.08. The van der Waals surface area contributed by atoms with E-state index in [1.54, 1.807) is 17.5 Å². The zero-order valence-electron chi connectivity index (χ0n) is 12.4. The zero-order valence-corrected chi connectivity index (χ0v) is 12.4. The molecule has 110 valence electrons. The van der Waals surface area contributed by atoms with Crippen molar-refractivity contribution in [3.8, 4) is 0 Å². The zero-order chi connectivity index (χ0) is 14.1. The first-order valence-corrected chi connectivity index (χ1v) is 8.17. The number of aromatic amines is 1. The highest BCUT2D eigenvalue weighted by atomic mass is 14.9. The third-order valence-electron chi connectivity index (χ3n) is 5.34. The van der Waals surface area contributed by atoms with Gasteiger partial charge < -0.3 is 10.3 Å². The fourth-order valence-electron chi connectivity index (χ4n) is 4.28. The predicted molar refractivity (Wildman–Crippen MR) is 84.1 cm³/mol. The molecule has 1 heterocycles. The van der Waals surface area contributed by atoms with Crippen molar-refractivity contribution in [1.82, 2.24) is 15.3 Å². The highest BCUT2D eigenvalue weighted by molar-refractivity contribution is 5.30. The van der Waals surface area contributed by atoms with Gasteiger partial charge in [-0.25, -0.2) is 4.98 Å². The van der Waals surface area contributed by atoms with Crippen molar-refractivity contribution < 1.29 is 0 Å². The summed E-state index contributed by atoms with van der Waals surface area (Å²) in [7, 11) is 0. The van der Waals surface area contributed by atoms with Crippen LogP contribution in [-0.2, 0) is 19.3 Å². The Morgan fingerprint density at radius 2 is 1.81 bits per heavy atom. The van der Waals surface area contributed by atoms with Crippen LogP contribution in [0.5, 0.6) is 0 Å². The number of nitrogens with zero attached hydrogens (tertiary/aromatic N) is 1. The number of H-pyrrole nitrogens is 1. The summed E-state index contributed by atoms with van der Waals surface area (Å²) < 4.78 is 0. The van der Waals surface area contributed by atoms with E-state index in [2.05, 4.69) is 39.6 Å². The molecule has 0 radical (unpaired) electrons. The SMILES string of the molecule is c1ccc2c(c1)CC1CCC(C2)C1NCCc1cnc[nH]1. The first-order chi connectivity index (χ1) is 10.4. The van der Waals surface area contributed by atoms with Crippen molar-refractivity contribution in [2.75, 3.05) is 6.54 Å². The Morgan fingerprint density at radius 3 is 2.43 bits per heavy atom. The molecule has 2 aliphatic rings. The second kappa shape index (κ2) is 5.64. The molecular formula is C18H23N3. The van der Waals surface area contributed by atoms with Crippen molar-refractivity contribution in [2.24, 2.45) is 11.8 Å². The standard InChI is InChI=1S/C18H23N3/c1-2-4-14-10-16-6-5-15(9-13(14)3-1)18(16)20-8-7-17-11-19-12-21-17/h1-4,11-12,15-16,18,20H,5-10H2,(H,19,21). The number of nitrogens with one attached hydrogen (secondary N) is 2. The lowest BCUT2D eigenvalue weighted by Crippen LogP contribution is -2.39. The minimum absolute atomic E-state index is 0.695. The molecule has 1 saturated carbocycles. The van der Waals surface area contributed by atoms with Crippen LogP contribution >= 0.6 is 0 Å². The summed E-state index contributed by atoms with van der Waals surface area (Å²) in [6.07, 6.45) is 10.0. The molecular weight excluding hydrogens is 258 g/mol. The molecule has 3 heteroatoms. The number of benzene rings is 1. The fraction of sp³-hybridized carbons (Fsp3) is 0.500. The summed E-state index contributed by atoms with van der Waals surface area (Å²) in [5.74, 6) is 1.64. The Bertz CT molecular complexity index is 557. The van der Waals surface area contributed by atoms with Crippen LogP contribution in [0.2, 0.25) is 0 Å². The van der Waals surface area contributed by atoms with Crippen molar-refractivity contribution >= 4 is 0 Å². The smallest absolute Gasteiger partial charge is 0.0921 e. The molecule has 1 aromatic carbocycles. The van der Waals surface area contributed by atoms with Gasteiger partial charge >= 0.3 is 0 Å². The van der Waals surface area contributed by atoms with Crippen LogP contribution in [0.25, 0.3) is 0 Å². The summed E-state index contributed by atoms with van der Waals surface area (Å²) in [5, 5.41) is 3.85. The van der Waals surface area contributed by atoms with Crippen LogP contribution in [0.15, 0.2) is 36.8 Å². The summed E-state index contributed by atoms with van der Waals surface area (Å²) in [5.41, 5.74) is 4.40. The van der Waals surface area contributed by atoms with E-state index >= 15 is 0 Å². The first kappa shape index (κ1) is 13.1. The van der Waals surface area contributed by atoms with E-state index in [0.717, 1.165) is 24.8 Å². The van der Waals surface area contributed by atoms with E-state index in [1.807, 2.05) is 6.20 Å². The molecule has 0 saturated heterocycles. The molecule has 1 aromatic heterocycles. The van der Waals surface area contributed by atoms with Crippen LogP contribution in [0.3, 0.4) is 0 Å². The number of imidazole rings is 1. The molecule has 2 atom stereocenters. The van der Waals surface area contributed by atoms with Gasteiger partial charge in [-0.1, -0.05) is 24.3 Å². The van der Waals surface area contributed by atoms with Crippen molar-refractivity contribution in [2.45, 2.75) is 38.1 Å². The van der Waals surface area contributed by atoms with E-state index in [-0.39, 0.29) is 0 Å². The normalized spacial score (nSPS) is 27.3. The minimum Gasteiger partial charge on any atom is -0.348 e. The van der Waals surface area contributed by atoms with Gasteiger partial charge in [-0.15, -0.1) is 0 Å². The van der Waals surface area contributed by atoms with Gasteiger partial charge in [-0.2, -0.15) is 0 Å². The summed E-state index contributed by atoms with van der Waals surface area (Å²) in [6, 6.07) is 9.74. The lowest BCUT2D eigenvalue weighted by molar-refractivity contribution is 0.344. The van der Waals surface area contributed by atoms with E-state index in [0.29, 0.717) is 6.04 Å². The van der Waals surface area contributed by atoms with Crippen LogP contribution in [0.4, 0.5) is 0 Å². The lowest BCUT2D eigenvalue weighted by Gasteiger charge is -2.23. The van der Waals surface area contributed by atoms with Gasteiger partial charge in [0, 0.05) is 30.9 Å². The van der Waals surface area contributed by atoms with Gasteiger partial charge in [-0.05, 0) is 48.6 Å². The highest BCUT2D eigenvalue weighted by Gasteiger charge is 2.38. The van der Waals surface area contributed by atoms with Gasteiger partial charge in [0.2, 0.25) is 0 Å². The molecule has 21 heavy (non-hydrogen) atoms. The molecule has 2 N–H and O–H groups in total. The molecule has 0 aliphatic heterocycles. The Morgan fingerprint density at radius 1 is 1.10 bits per heavy atom. The van der Waals surface area contributed by atoms with E-state index in [1.165, 1.54) is 31.4 Å². The van der Waals surface area contributed by atoms with Crippen molar-refractivity contribution in [3.05, 3.63) is 53.6 Å². The average molecular weight is 281 g/mol. The Hall–Kier alpha value is -1.61. The van der Waals surface area contributed by atoms with Gasteiger partial charge in [0.1, 0.15) is 0 Å². The number of rotatable bonds is 4. The molecule has 4 rings (SSSR count). The molecule has 0 spiro atoms. The number of fused-ring (bicyclic) bond motifs is 3. The van der Waals surface area contributed by atoms with Crippen LogP contribution in [0, 0.1) is 11.8 Å². The summed E-state index contributed by atoms with van der Waals surface area (Å²) >= 11 is 0. The first-order valence-electron chi connectivity index (χ1n) is 8.17. The predicted octanol–water partition coefficient (Wildman–Crippen LogP) is 2.74. The monoisotopic (exact) mass is 281 g/mol. The second-order valence-corrected chi connectivity index (χ2v) is 6.58. The number of aromatic nitrogens is 2. The quantitative estimate of drug-likeness (QED) is 0.904. The number of hydrogen-bond donors (Lipinski definition) is 2. The molecule has 3 nitrogen and oxygen atoms in total. The minimum atomic E-state index is 0.695. The largest absolute Gasteiger partial charge is 0.348 e. The molecule has 2 bridgehead atoms. The Kier molecular flexibility index (Phi) is 3.52. The maximum Gasteiger partial charge on any atom is 0.0921 e. The van der Waals surface area contributed by atoms with Crippen molar-refractivity contribution in [3.63, 3.8) is 0 Å². The second-order valence-electron chi connectivity index (χ2n) is 6.58. The molecule has 2 aromatic rings. The third kappa shape index (κ3) is 2.62. The van der Waals surface area contributed by atoms with E-state index in [4.69, 9.17) is 0 Å². The Balaban J connectivity index is 1.43. The van der Waals surface area contributed by atoms with Gasteiger partial charge in [0.15, 0.2) is 0 Å². The van der Waals surface area contributed by atoms with E-state index in [9.17, 15) is 0 Å². The molecule has 2 aliphatic carbocycles. The molecule has 1 fully saturated rings. The highest BCUT2D eigenvalue weighted by Crippen LogP contribution is 2.39. The van der Waals surface area contributed by atoms with E-state index < -0.39 is 0 Å². The lowest BCUT2D eigenvalue weighted by atomic mass is 9.94. The third-order valence-corrected chi connectivity index (χ3v) is 5.34. The summed E-state index contributed by atoms with van der Waals surface area (Å²) in [4.78, 5) is 7.28. The van der Waals surface area contributed by atoms with Crippen molar-refractivity contribution in [1.29, 1.82) is 0 Å². The fourth-order valence-corrected chi connectivity index (χ4v) is 4.28. The van der Waals surface area contributed by atoms with Gasteiger partial charge in [0.05, 0.1) is 6.33 Å². The molecule has 0 amide bonds. The van der Waals surface area contributed by atoms with Crippen LogP contribution < -0.4 is 5.32 Å². The van der Waals surface area contributed by atoms with Crippen LogP contribution in [0.1, 0.15) is 29.7 Å². The van der Waals surface area contributed by atoms with Gasteiger partial charge in [-0.3, -0.25) is 0 Å². The Labute approximate surface area is 126 Å². The maximum absolute atomic E-state index is 4.09. The van der Waals surface area contributed by atoms with Crippen LogP contribution in [-0.4, -0.2) is 22.6 Å². The maximum atomic E-state index is 4.09.